The van der Waals surface area contributed by atoms with Crippen LogP contribution in [0.5, 0.6) is 0 Å². The smallest absolute Gasteiger partial charge is 0.336 e. The van der Waals surface area contributed by atoms with Crippen LogP contribution in [0.15, 0.2) is 18.2 Å². The van der Waals surface area contributed by atoms with E-state index in [2.05, 4.69) is 11.8 Å². The molecule has 0 fully saturated rings. The lowest BCUT2D eigenvalue weighted by atomic mass is 10.1. The number of carbonyl (C=O) groups excluding carboxylic acids is 1. The molecule has 0 bridgehead atoms. The molecule has 4 heteroatoms. The second-order valence-corrected chi connectivity index (χ2v) is 4.59. The molecule has 17 heavy (non-hydrogen) atoms. The molecule has 0 aliphatic rings. The molecule has 1 aromatic carbocycles. The van der Waals surface area contributed by atoms with Crippen molar-refractivity contribution in [1.29, 1.82) is 0 Å². The number of benzene rings is 1. The Labute approximate surface area is 104 Å². The van der Waals surface area contributed by atoms with Crippen LogP contribution < -0.4 is 0 Å². The van der Waals surface area contributed by atoms with E-state index in [0.717, 1.165) is 17.3 Å². The summed E-state index contributed by atoms with van der Waals surface area (Å²) in [5, 5.41) is 9.01. The van der Waals surface area contributed by atoms with Gasteiger partial charge in [-0.15, -0.1) is 0 Å². The average Bonchev–Trinajstić information content (AvgIpc) is 2.25. The van der Waals surface area contributed by atoms with Crippen LogP contribution in [0.2, 0.25) is 0 Å². The Hall–Kier alpha value is -1.73. The maximum atomic E-state index is 11.0. The van der Waals surface area contributed by atoms with Gasteiger partial charge in [-0.2, -0.15) is 0 Å². The van der Waals surface area contributed by atoms with Crippen LogP contribution in [0.4, 0.5) is 0 Å². The lowest BCUT2D eigenvalue weighted by Gasteiger charge is -2.00. The van der Waals surface area contributed by atoms with Crippen molar-refractivity contribution < 1.29 is 14.7 Å². The van der Waals surface area contributed by atoms with Gasteiger partial charge in [0.05, 0.1) is 11.3 Å². The molecule has 0 aliphatic carbocycles. The number of hydrogen-bond donors (Lipinski definition) is 1. The van der Waals surface area contributed by atoms with Crippen LogP contribution in [-0.2, 0) is 4.79 Å². The highest BCUT2D eigenvalue weighted by Gasteiger charge is 2.07. The largest absolute Gasteiger partial charge is 0.478 e. The van der Waals surface area contributed by atoms with Gasteiger partial charge in [-0.05, 0) is 19.1 Å². The number of hydrogen-bond acceptors (Lipinski definition) is 3. The number of rotatable bonds is 2. The van der Waals surface area contributed by atoms with E-state index in [-0.39, 0.29) is 10.7 Å². The van der Waals surface area contributed by atoms with Crippen molar-refractivity contribution in [2.75, 3.05) is 5.75 Å². The molecule has 0 saturated heterocycles. The highest BCUT2D eigenvalue weighted by atomic mass is 32.2. The Morgan fingerprint density at radius 1 is 1.41 bits per heavy atom. The van der Waals surface area contributed by atoms with E-state index in [9.17, 15) is 9.59 Å². The van der Waals surface area contributed by atoms with E-state index in [1.165, 1.54) is 6.92 Å². The normalized spacial score (nSPS) is 9.29. The minimum absolute atomic E-state index is 0.00154. The van der Waals surface area contributed by atoms with Crippen molar-refractivity contribution in [1.82, 2.24) is 0 Å². The van der Waals surface area contributed by atoms with Gasteiger partial charge in [-0.3, -0.25) is 4.79 Å². The van der Waals surface area contributed by atoms with E-state index in [0.29, 0.717) is 11.3 Å². The van der Waals surface area contributed by atoms with E-state index in [1.54, 1.807) is 12.1 Å². The number of aryl methyl sites for hydroxylation is 1. The van der Waals surface area contributed by atoms with Gasteiger partial charge in [-0.1, -0.05) is 35.2 Å². The van der Waals surface area contributed by atoms with Crippen LogP contribution in [0.1, 0.15) is 28.4 Å². The van der Waals surface area contributed by atoms with Crippen LogP contribution in [0.3, 0.4) is 0 Å². The molecule has 1 N–H and O–H groups in total. The lowest BCUT2D eigenvalue weighted by Crippen LogP contribution is -2.00. The average molecular weight is 248 g/mol. The first-order valence-electron chi connectivity index (χ1n) is 4.97. The third-order valence-electron chi connectivity index (χ3n) is 1.98. The number of thioether (sulfide) groups is 1. The Morgan fingerprint density at radius 2 is 2.12 bits per heavy atom. The summed E-state index contributed by atoms with van der Waals surface area (Å²) in [6.45, 7) is 3.30. The Bertz CT molecular complexity index is 509. The first-order valence-corrected chi connectivity index (χ1v) is 5.95. The minimum Gasteiger partial charge on any atom is -0.478 e. The second kappa shape index (κ2) is 6.12. The molecule has 3 nitrogen and oxygen atoms in total. The fourth-order valence-corrected chi connectivity index (χ4v) is 1.56. The molecule has 0 spiro atoms. The molecule has 0 atom stereocenters. The fraction of sp³-hybridized carbons (Fsp3) is 0.231. The van der Waals surface area contributed by atoms with E-state index >= 15 is 0 Å². The lowest BCUT2D eigenvalue weighted by molar-refractivity contribution is -0.109. The van der Waals surface area contributed by atoms with Crippen molar-refractivity contribution in [2.24, 2.45) is 0 Å². The fourth-order valence-electron chi connectivity index (χ4n) is 1.21. The summed E-state index contributed by atoms with van der Waals surface area (Å²) in [5.74, 6) is 4.94. The molecule has 0 radical (unpaired) electrons. The van der Waals surface area contributed by atoms with Gasteiger partial charge >= 0.3 is 5.97 Å². The number of aromatic carboxylic acids is 1. The summed E-state index contributed by atoms with van der Waals surface area (Å²) in [6.07, 6.45) is 0. The van der Waals surface area contributed by atoms with Gasteiger partial charge in [0.2, 0.25) is 0 Å². The third-order valence-corrected chi connectivity index (χ3v) is 2.67. The Kier molecular flexibility index (Phi) is 4.80. The van der Waals surface area contributed by atoms with Crippen molar-refractivity contribution >= 4 is 22.8 Å². The molecule has 0 amide bonds. The van der Waals surface area contributed by atoms with Crippen LogP contribution in [0.25, 0.3) is 0 Å². The minimum atomic E-state index is -0.989. The summed E-state index contributed by atoms with van der Waals surface area (Å²) >= 11 is 1.11. The van der Waals surface area contributed by atoms with E-state index in [4.69, 9.17) is 5.11 Å². The predicted molar refractivity (Wildman–Crippen MR) is 68.2 cm³/mol. The van der Waals surface area contributed by atoms with Crippen molar-refractivity contribution in [2.45, 2.75) is 13.8 Å². The molecular formula is C13H12O3S. The van der Waals surface area contributed by atoms with Crippen molar-refractivity contribution in [3.05, 3.63) is 34.9 Å². The number of carboxylic acid groups (broad SMARTS) is 1. The maximum Gasteiger partial charge on any atom is 0.336 e. The molecule has 0 saturated carbocycles. The van der Waals surface area contributed by atoms with Gasteiger partial charge in [0.1, 0.15) is 0 Å². The SMILES string of the molecule is CC(=O)SCC#Cc1ccc(C)cc1C(=O)O. The first-order chi connectivity index (χ1) is 8.00. The van der Waals surface area contributed by atoms with Gasteiger partial charge in [0, 0.05) is 12.5 Å². The van der Waals surface area contributed by atoms with Gasteiger partial charge in [-0.25, -0.2) is 4.79 Å². The quantitative estimate of drug-likeness (QED) is 0.816. The van der Waals surface area contributed by atoms with Crippen LogP contribution >= 0.6 is 11.8 Å². The summed E-state index contributed by atoms with van der Waals surface area (Å²) in [4.78, 5) is 21.7. The van der Waals surface area contributed by atoms with Crippen molar-refractivity contribution in [3.8, 4) is 11.8 Å². The molecular weight excluding hydrogens is 236 g/mol. The van der Waals surface area contributed by atoms with E-state index in [1.807, 2.05) is 13.0 Å². The molecule has 0 aromatic heterocycles. The predicted octanol–water partition coefficient (Wildman–Crippen LogP) is 2.32. The monoisotopic (exact) mass is 248 g/mol. The summed E-state index contributed by atoms with van der Waals surface area (Å²) < 4.78 is 0. The van der Waals surface area contributed by atoms with Gasteiger partial charge in [0.25, 0.3) is 0 Å². The third kappa shape index (κ3) is 4.33. The maximum absolute atomic E-state index is 11.0. The number of carboxylic acids is 1. The van der Waals surface area contributed by atoms with E-state index < -0.39 is 5.97 Å². The van der Waals surface area contributed by atoms with Crippen LogP contribution in [-0.4, -0.2) is 21.9 Å². The molecule has 1 rings (SSSR count). The molecule has 1 aromatic rings. The highest BCUT2D eigenvalue weighted by Crippen LogP contribution is 2.11. The summed E-state index contributed by atoms with van der Waals surface area (Å²) in [6, 6.07) is 5.09. The number of carbonyl (C=O) groups is 2. The molecule has 88 valence electrons. The van der Waals surface area contributed by atoms with Crippen LogP contribution in [0, 0.1) is 18.8 Å². The molecule has 0 aliphatic heterocycles. The van der Waals surface area contributed by atoms with Crippen molar-refractivity contribution in [3.63, 3.8) is 0 Å². The van der Waals surface area contributed by atoms with Gasteiger partial charge in [0.15, 0.2) is 5.12 Å². The molecule has 0 heterocycles. The first kappa shape index (κ1) is 13.3. The Balaban J connectivity index is 2.90. The van der Waals surface area contributed by atoms with Gasteiger partial charge < -0.3 is 5.11 Å². The second-order valence-electron chi connectivity index (χ2n) is 3.44. The Morgan fingerprint density at radius 3 is 2.71 bits per heavy atom. The summed E-state index contributed by atoms with van der Waals surface area (Å²) in [5.41, 5.74) is 1.56. The highest BCUT2D eigenvalue weighted by molar-refractivity contribution is 8.13. The topological polar surface area (TPSA) is 54.4 Å². The summed E-state index contributed by atoms with van der Waals surface area (Å²) in [7, 11) is 0. The zero-order chi connectivity index (χ0) is 12.8. The molecule has 0 unspecified atom stereocenters. The zero-order valence-electron chi connectivity index (χ0n) is 9.61. The zero-order valence-corrected chi connectivity index (χ0v) is 10.4. The standard InChI is InChI=1S/C13H12O3S/c1-9-5-6-11(12(8-9)13(15)16)4-3-7-17-10(2)14/h5-6,8H,7H2,1-2H3,(H,15,16).